The molecule has 112 valence electrons. The van der Waals surface area contributed by atoms with Crippen molar-refractivity contribution in [3.8, 4) is 5.75 Å². The Kier molecular flexibility index (Phi) is 3.50. The number of nitrogens with one attached hydrogen (secondary N) is 1. The minimum atomic E-state index is -4.95. The van der Waals surface area contributed by atoms with E-state index in [9.17, 15) is 27.9 Å². The fourth-order valence-corrected chi connectivity index (χ4v) is 1.79. The molecule has 0 unspecified atom stereocenters. The highest BCUT2D eigenvalue weighted by atomic mass is 19.4. The first-order valence-corrected chi connectivity index (χ1v) is 5.51. The average Bonchev–Trinajstić information content (AvgIpc) is 2.46. The number of benzene rings is 1. The first-order valence-electron chi connectivity index (χ1n) is 5.51. The van der Waals surface area contributed by atoms with Crippen molar-refractivity contribution < 1.29 is 37.7 Å². The van der Waals surface area contributed by atoms with Crippen molar-refractivity contribution in [3.63, 3.8) is 0 Å². The molecule has 0 spiro atoms. The lowest BCUT2D eigenvalue weighted by atomic mass is 10.1. The highest BCUT2D eigenvalue weighted by molar-refractivity contribution is 6.07. The molecule has 21 heavy (non-hydrogen) atoms. The molecule has 0 fully saturated rings. The van der Waals surface area contributed by atoms with Crippen molar-refractivity contribution in [2.75, 3.05) is 5.32 Å². The van der Waals surface area contributed by atoms with Gasteiger partial charge in [0.05, 0.1) is 6.42 Å². The molecule has 2 N–H and O–H groups in total. The molecule has 1 amide bonds. The van der Waals surface area contributed by atoms with Gasteiger partial charge in [0.25, 0.3) is 0 Å². The van der Waals surface area contributed by atoms with Gasteiger partial charge in [0, 0.05) is 11.3 Å². The molecule has 0 atom stereocenters. The number of rotatable bonds is 2. The number of amides is 1. The van der Waals surface area contributed by atoms with E-state index in [0.29, 0.717) is 0 Å². The van der Waals surface area contributed by atoms with E-state index in [1.165, 1.54) is 0 Å². The third-order valence-electron chi connectivity index (χ3n) is 2.61. The predicted molar refractivity (Wildman–Crippen MR) is 60.9 cm³/mol. The third-order valence-corrected chi connectivity index (χ3v) is 2.61. The Morgan fingerprint density at radius 1 is 1.38 bits per heavy atom. The number of hydrogen-bond donors (Lipinski definition) is 2. The predicted octanol–water partition coefficient (Wildman–Crippen LogP) is 1.08. The second-order valence-corrected chi connectivity index (χ2v) is 4.09. The molecular formula is C12H7F3NO5-. The van der Waals surface area contributed by atoms with Gasteiger partial charge < -0.3 is 20.3 Å². The molecule has 0 saturated carbocycles. The summed E-state index contributed by atoms with van der Waals surface area (Å²) in [7, 11) is 0. The maximum Gasteiger partial charge on any atom is 0.573 e. The van der Waals surface area contributed by atoms with Gasteiger partial charge in [-0.05, 0) is 23.8 Å². The summed E-state index contributed by atoms with van der Waals surface area (Å²) in [5, 5.41) is 23.1. The zero-order valence-electron chi connectivity index (χ0n) is 10.2. The lowest BCUT2D eigenvalue weighted by Crippen LogP contribution is -2.17. The maximum atomic E-state index is 12.1. The molecule has 0 bridgehead atoms. The molecule has 0 radical (unpaired) electrons. The molecule has 0 aliphatic carbocycles. The van der Waals surface area contributed by atoms with Gasteiger partial charge in [-0.3, -0.25) is 4.79 Å². The van der Waals surface area contributed by atoms with Crippen LogP contribution in [0.2, 0.25) is 0 Å². The molecule has 2 rings (SSSR count). The number of anilines is 1. The largest absolute Gasteiger partial charge is 0.872 e. The van der Waals surface area contributed by atoms with Gasteiger partial charge in [0.2, 0.25) is 5.91 Å². The van der Waals surface area contributed by atoms with Crippen LogP contribution in [-0.4, -0.2) is 23.3 Å². The maximum absolute atomic E-state index is 12.1. The molecule has 0 aromatic heterocycles. The third kappa shape index (κ3) is 3.25. The lowest BCUT2D eigenvalue weighted by molar-refractivity contribution is -0.274. The number of halogens is 3. The van der Waals surface area contributed by atoms with Gasteiger partial charge in [-0.25, -0.2) is 4.79 Å². The van der Waals surface area contributed by atoms with Crippen molar-refractivity contribution in [1.29, 1.82) is 0 Å². The summed E-state index contributed by atoms with van der Waals surface area (Å²) in [6, 6.07) is 2.68. The zero-order valence-corrected chi connectivity index (χ0v) is 10.2. The van der Waals surface area contributed by atoms with E-state index in [1.54, 1.807) is 0 Å². The van der Waals surface area contributed by atoms with Crippen LogP contribution >= 0.6 is 0 Å². The number of carboxylic acids is 1. The fraction of sp³-hybridized carbons (Fsp3) is 0.167. The molecule has 9 heteroatoms. The first-order chi connectivity index (χ1) is 9.67. The summed E-state index contributed by atoms with van der Waals surface area (Å²) in [4.78, 5) is 22.4. The van der Waals surface area contributed by atoms with Gasteiger partial charge in [0.15, 0.2) is 0 Å². The standard InChI is InChI=1S/C12H8F3NO5/c13-12(14,15)21-5-1-2-8-6(3-5)10(18)7(11(19)20)4-9(17)16-8/h1-3,18H,4H2,(H,16,17)(H,19,20)/p-1. The summed E-state index contributed by atoms with van der Waals surface area (Å²) >= 11 is 0. The molecular weight excluding hydrogens is 295 g/mol. The van der Waals surface area contributed by atoms with E-state index in [-0.39, 0.29) is 11.3 Å². The van der Waals surface area contributed by atoms with Crippen molar-refractivity contribution in [2.45, 2.75) is 12.8 Å². The second-order valence-electron chi connectivity index (χ2n) is 4.09. The number of hydrogen-bond acceptors (Lipinski definition) is 4. The number of aliphatic carboxylic acids is 1. The quantitative estimate of drug-likeness (QED) is 0.852. The van der Waals surface area contributed by atoms with Crippen LogP contribution in [0.3, 0.4) is 0 Å². The molecule has 1 heterocycles. The van der Waals surface area contributed by atoms with E-state index < -0.39 is 41.7 Å². The lowest BCUT2D eigenvalue weighted by Gasteiger charge is -2.18. The molecule has 1 aromatic carbocycles. The van der Waals surface area contributed by atoms with Crippen LogP contribution in [0.15, 0.2) is 23.8 Å². The average molecular weight is 302 g/mol. The van der Waals surface area contributed by atoms with Gasteiger partial charge >= 0.3 is 12.3 Å². The fourth-order valence-electron chi connectivity index (χ4n) is 1.79. The van der Waals surface area contributed by atoms with Crippen molar-refractivity contribution >= 4 is 23.3 Å². The Morgan fingerprint density at radius 2 is 2.05 bits per heavy atom. The normalized spacial score (nSPS) is 15.1. The smallest absolute Gasteiger partial charge is 0.573 e. The van der Waals surface area contributed by atoms with Crippen molar-refractivity contribution in [1.82, 2.24) is 0 Å². The topological polar surface area (TPSA) is 98.7 Å². The van der Waals surface area contributed by atoms with Crippen molar-refractivity contribution in [2.24, 2.45) is 0 Å². The Hall–Kier alpha value is -2.71. The first kappa shape index (κ1) is 14.7. The van der Waals surface area contributed by atoms with E-state index in [0.717, 1.165) is 18.2 Å². The van der Waals surface area contributed by atoms with Crippen LogP contribution in [0.5, 0.6) is 5.75 Å². The number of carboxylic acid groups (broad SMARTS) is 1. The Morgan fingerprint density at radius 3 is 2.62 bits per heavy atom. The summed E-state index contributed by atoms with van der Waals surface area (Å²) in [5.41, 5.74) is -1.17. The Labute approximate surface area is 115 Å². The van der Waals surface area contributed by atoms with E-state index >= 15 is 0 Å². The highest BCUT2D eigenvalue weighted by Gasteiger charge is 2.31. The van der Waals surface area contributed by atoms with Crippen LogP contribution < -0.4 is 15.2 Å². The van der Waals surface area contributed by atoms with E-state index in [4.69, 9.17) is 5.11 Å². The van der Waals surface area contributed by atoms with Gasteiger partial charge in [0.1, 0.15) is 5.75 Å². The van der Waals surface area contributed by atoms with Gasteiger partial charge in [-0.1, -0.05) is 5.76 Å². The Bertz CT molecular complexity index is 651. The number of alkyl halides is 3. The highest BCUT2D eigenvalue weighted by Crippen LogP contribution is 2.33. The van der Waals surface area contributed by atoms with Gasteiger partial charge in [-0.2, -0.15) is 0 Å². The monoisotopic (exact) mass is 302 g/mol. The number of ether oxygens (including phenoxy) is 1. The number of fused-ring (bicyclic) bond motifs is 1. The second kappa shape index (κ2) is 5.00. The summed E-state index contributed by atoms with van der Waals surface area (Å²) in [6.07, 6.45) is -5.62. The summed E-state index contributed by atoms with van der Waals surface area (Å²) in [5.74, 6) is -4.08. The van der Waals surface area contributed by atoms with Crippen LogP contribution in [0, 0.1) is 0 Å². The summed E-state index contributed by atoms with van der Waals surface area (Å²) in [6.45, 7) is 0. The van der Waals surface area contributed by atoms with Crippen LogP contribution in [-0.2, 0) is 9.59 Å². The van der Waals surface area contributed by atoms with Crippen LogP contribution in [0.1, 0.15) is 12.0 Å². The van der Waals surface area contributed by atoms with Gasteiger partial charge in [-0.15, -0.1) is 13.2 Å². The Balaban J connectivity index is 2.54. The molecule has 6 nitrogen and oxygen atoms in total. The minimum absolute atomic E-state index is 0.0734. The zero-order chi connectivity index (χ0) is 15.8. The van der Waals surface area contributed by atoms with Crippen LogP contribution in [0.4, 0.5) is 18.9 Å². The minimum Gasteiger partial charge on any atom is -0.872 e. The van der Waals surface area contributed by atoms with Crippen LogP contribution in [0.25, 0.3) is 5.76 Å². The van der Waals surface area contributed by atoms with E-state index in [2.05, 4.69) is 10.1 Å². The molecule has 1 aliphatic heterocycles. The summed E-state index contributed by atoms with van der Waals surface area (Å²) < 4.78 is 40.1. The SMILES string of the molecule is O=C1CC(C(=O)O)=C([O-])c2cc(OC(F)(F)F)ccc2N1. The number of carbonyl (C=O) groups is 2. The van der Waals surface area contributed by atoms with Crippen molar-refractivity contribution in [3.05, 3.63) is 29.3 Å². The number of carbonyl (C=O) groups excluding carboxylic acids is 1. The molecule has 0 saturated heterocycles. The van der Waals surface area contributed by atoms with E-state index in [1.807, 2.05) is 0 Å². The molecule has 1 aliphatic rings. The molecule has 1 aromatic rings.